The predicted molar refractivity (Wildman–Crippen MR) is 114 cm³/mol. The van der Waals surface area contributed by atoms with E-state index in [-0.39, 0.29) is 12.1 Å². The number of carbonyl (C=O) groups is 2. The van der Waals surface area contributed by atoms with Crippen LogP contribution in [-0.4, -0.2) is 40.0 Å². The van der Waals surface area contributed by atoms with Gasteiger partial charge in [-0.3, -0.25) is 9.59 Å². The van der Waals surface area contributed by atoms with E-state index in [9.17, 15) is 18.4 Å². The second kappa shape index (κ2) is 9.27. The van der Waals surface area contributed by atoms with Crippen molar-refractivity contribution in [1.82, 2.24) is 25.5 Å². The summed E-state index contributed by atoms with van der Waals surface area (Å²) >= 11 is 0. The predicted octanol–water partition coefficient (Wildman–Crippen LogP) is 2.32. The first kappa shape index (κ1) is 21.6. The van der Waals surface area contributed by atoms with Crippen molar-refractivity contribution in [3.63, 3.8) is 0 Å². The Kier molecular flexibility index (Phi) is 6.27. The van der Waals surface area contributed by atoms with Crippen molar-refractivity contribution < 1.29 is 18.4 Å². The molecule has 2 aromatic heterocycles. The third kappa shape index (κ3) is 4.67. The fourth-order valence-electron chi connectivity index (χ4n) is 3.72. The fraction of sp³-hybridized carbons (Fsp3) is 0.261. The van der Waals surface area contributed by atoms with Crippen LogP contribution in [0.4, 0.5) is 8.78 Å². The Morgan fingerprint density at radius 1 is 1.09 bits per heavy atom. The summed E-state index contributed by atoms with van der Waals surface area (Å²) in [5, 5.41) is 8.73. The Hall–Kier alpha value is -3.59. The molecule has 0 aliphatic carbocycles. The lowest BCUT2D eigenvalue weighted by atomic mass is 9.86. The Labute approximate surface area is 183 Å². The number of rotatable bonds is 6. The molecule has 166 valence electrons. The van der Waals surface area contributed by atoms with Crippen LogP contribution >= 0.6 is 0 Å². The smallest absolute Gasteiger partial charge is 0.253 e. The summed E-state index contributed by atoms with van der Waals surface area (Å²) < 4.78 is 28.9. The van der Waals surface area contributed by atoms with E-state index in [1.54, 1.807) is 12.1 Å². The number of aromatic nitrogens is 2. The molecule has 3 N–H and O–H groups in total. The van der Waals surface area contributed by atoms with Gasteiger partial charge >= 0.3 is 0 Å². The first-order valence-electron chi connectivity index (χ1n) is 10.3. The molecule has 0 spiro atoms. The molecule has 1 aliphatic rings. The summed E-state index contributed by atoms with van der Waals surface area (Å²) in [6, 6.07) is 10.3. The lowest BCUT2D eigenvalue weighted by Crippen LogP contribution is -2.62. The third-order valence-electron chi connectivity index (χ3n) is 5.58. The van der Waals surface area contributed by atoms with Gasteiger partial charge in [0.2, 0.25) is 5.91 Å². The standard InChI is InChI=1S/C23H23F2N5O2/c24-18-5-3-16(19(25)13-18)14-28-22(32)23(7-9-26-10-8-23)29-21(31)17-4-6-20(27-15-17)30-11-1-2-12-30/h1-6,11-13,15,26H,7-10,14H2,(H,28,32)(H,29,31). The summed E-state index contributed by atoms with van der Waals surface area (Å²) in [4.78, 5) is 30.3. The molecule has 32 heavy (non-hydrogen) atoms. The van der Waals surface area contributed by atoms with Gasteiger partial charge in [0.05, 0.1) is 5.56 Å². The van der Waals surface area contributed by atoms with Crippen molar-refractivity contribution in [2.24, 2.45) is 0 Å². The number of carbonyl (C=O) groups excluding carboxylic acids is 2. The second-order valence-corrected chi connectivity index (χ2v) is 7.70. The molecule has 0 saturated carbocycles. The number of amides is 2. The van der Waals surface area contributed by atoms with Crippen molar-refractivity contribution in [1.29, 1.82) is 0 Å². The van der Waals surface area contributed by atoms with Crippen molar-refractivity contribution in [3.05, 3.63) is 83.8 Å². The SMILES string of the molecule is O=C(NC1(C(=O)NCc2ccc(F)cc2F)CCNCC1)c1ccc(-n2cccc2)nc1. The number of benzene rings is 1. The van der Waals surface area contributed by atoms with Crippen LogP contribution in [0.1, 0.15) is 28.8 Å². The molecule has 0 unspecified atom stereocenters. The number of halogens is 2. The molecular formula is C23H23F2N5O2. The van der Waals surface area contributed by atoms with E-state index in [0.29, 0.717) is 37.3 Å². The molecule has 1 saturated heterocycles. The zero-order valence-corrected chi connectivity index (χ0v) is 17.3. The molecule has 9 heteroatoms. The van der Waals surface area contributed by atoms with E-state index in [1.165, 1.54) is 12.3 Å². The Bertz CT molecular complexity index is 1090. The van der Waals surface area contributed by atoms with Crippen molar-refractivity contribution in [3.8, 4) is 5.82 Å². The maximum Gasteiger partial charge on any atom is 0.253 e. The average Bonchev–Trinajstić information content (AvgIpc) is 3.34. The van der Waals surface area contributed by atoms with E-state index in [2.05, 4.69) is 20.9 Å². The third-order valence-corrected chi connectivity index (χ3v) is 5.58. The lowest BCUT2D eigenvalue weighted by molar-refractivity contribution is -0.128. The number of piperidine rings is 1. The first-order valence-corrected chi connectivity index (χ1v) is 10.3. The van der Waals surface area contributed by atoms with E-state index >= 15 is 0 Å². The summed E-state index contributed by atoms with van der Waals surface area (Å²) in [5.41, 5.74) is -0.644. The van der Waals surface area contributed by atoms with Gasteiger partial charge in [-0.1, -0.05) is 6.07 Å². The summed E-state index contributed by atoms with van der Waals surface area (Å²) in [6.07, 6.45) is 5.92. The number of nitrogens with zero attached hydrogens (tertiary/aromatic N) is 2. The van der Waals surface area contributed by atoms with Crippen LogP contribution in [0.2, 0.25) is 0 Å². The van der Waals surface area contributed by atoms with E-state index in [1.807, 2.05) is 29.1 Å². The molecule has 0 atom stereocenters. The summed E-state index contributed by atoms with van der Waals surface area (Å²) in [5.74, 6) is -1.57. The van der Waals surface area contributed by atoms with E-state index in [4.69, 9.17) is 0 Å². The van der Waals surface area contributed by atoms with Gasteiger partial charge in [0.1, 0.15) is 23.0 Å². The minimum absolute atomic E-state index is 0.108. The van der Waals surface area contributed by atoms with Crippen LogP contribution in [0.3, 0.4) is 0 Å². The summed E-state index contributed by atoms with van der Waals surface area (Å²) in [6.45, 7) is 0.982. The van der Waals surface area contributed by atoms with Crippen LogP contribution in [0.5, 0.6) is 0 Å². The van der Waals surface area contributed by atoms with Crippen LogP contribution in [-0.2, 0) is 11.3 Å². The highest BCUT2D eigenvalue weighted by Gasteiger charge is 2.41. The van der Waals surface area contributed by atoms with Gasteiger partial charge in [0, 0.05) is 36.8 Å². The molecular weight excluding hydrogens is 416 g/mol. The van der Waals surface area contributed by atoms with Crippen molar-refractivity contribution in [2.45, 2.75) is 24.9 Å². The highest BCUT2D eigenvalue weighted by Crippen LogP contribution is 2.21. The van der Waals surface area contributed by atoms with Gasteiger partial charge in [-0.2, -0.15) is 0 Å². The fourth-order valence-corrected chi connectivity index (χ4v) is 3.72. The van der Waals surface area contributed by atoms with E-state index < -0.39 is 29.0 Å². The second-order valence-electron chi connectivity index (χ2n) is 7.70. The lowest BCUT2D eigenvalue weighted by Gasteiger charge is -2.37. The number of hydrogen-bond donors (Lipinski definition) is 3. The molecule has 1 aliphatic heterocycles. The molecule has 2 amide bonds. The molecule has 4 rings (SSSR count). The van der Waals surface area contributed by atoms with Gasteiger partial charge in [-0.25, -0.2) is 13.8 Å². The van der Waals surface area contributed by atoms with Gasteiger partial charge in [-0.15, -0.1) is 0 Å². The minimum atomic E-state index is -1.14. The summed E-state index contributed by atoms with van der Waals surface area (Å²) in [7, 11) is 0. The number of pyridine rings is 1. The normalized spacial score (nSPS) is 15.2. The van der Waals surface area contributed by atoms with Crippen LogP contribution in [0, 0.1) is 11.6 Å². The Balaban J connectivity index is 1.47. The van der Waals surface area contributed by atoms with Crippen molar-refractivity contribution in [2.75, 3.05) is 13.1 Å². The van der Waals surface area contributed by atoms with Gasteiger partial charge in [-0.05, 0) is 56.3 Å². The van der Waals surface area contributed by atoms with Crippen molar-refractivity contribution >= 4 is 11.8 Å². The van der Waals surface area contributed by atoms with Gasteiger partial charge in [0.25, 0.3) is 5.91 Å². The highest BCUT2D eigenvalue weighted by molar-refractivity contribution is 5.99. The zero-order chi connectivity index (χ0) is 22.6. The largest absolute Gasteiger partial charge is 0.350 e. The Morgan fingerprint density at radius 3 is 2.50 bits per heavy atom. The van der Waals surface area contributed by atoms with Crippen LogP contribution in [0.15, 0.2) is 61.1 Å². The van der Waals surface area contributed by atoms with Crippen LogP contribution in [0.25, 0.3) is 5.82 Å². The molecule has 3 aromatic rings. The monoisotopic (exact) mass is 439 g/mol. The van der Waals surface area contributed by atoms with Gasteiger partial charge < -0.3 is 20.5 Å². The molecule has 0 bridgehead atoms. The number of hydrogen-bond acceptors (Lipinski definition) is 4. The molecule has 7 nitrogen and oxygen atoms in total. The zero-order valence-electron chi connectivity index (χ0n) is 17.3. The minimum Gasteiger partial charge on any atom is -0.350 e. The van der Waals surface area contributed by atoms with E-state index in [0.717, 1.165) is 12.1 Å². The first-order chi connectivity index (χ1) is 15.5. The molecule has 3 heterocycles. The average molecular weight is 439 g/mol. The topological polar surface area (TPSA) is 88.0 Å². The Morgan fingerprint density at radius 2 is 1.84 bits per heavy atom. The van der Waals surface area contributed by atoms with Gasteiger partial charge in [0.15, 0.2) is 0 Å². The maximum absolute atomic E-state index is 13.9. The molecule has 1 aromatic carbocycles. The maximum atomic E-state index is 13.9. The quantitative estimate of drug-likeness (QED) is 0.550. The van der Waals surface area contributed by atoms with Crippen LogP contribution < -0.4 is 16.0 Å². The molecule has 0 radical (unpaired) electrons. The highest BCUT2D eigenvalue weighted by atomic mass is 19.1. The number of nitrogens with one attached hydrogen (secondary N) is 3. The molecule has 1 fully saturated rings.